The Hall–Kier alpha value is -1.61. The summed E-state index contributed by atoms with van der Waals surface area (Å²) in [5, 5.41) is 0. The lowest BCUT2D eigenvalue weighted by Gasteiger charge is -2.32. The van der Waals surface area contributed by atoms with E-state index >= 15 is 0 Å². The Morgan fingerprint density at radius 3 is 2.61 bits per heavy atom. The maximum absolute atomic E-state index is 12.6. The summed E-state index contributed by atoms with van der Waals surface area (Å²) in [6.45, 7) is 11.2. The van der Waals surface area contributed by atoms with E-state index in [0.29, 0.717) is 5.91 Å². The molecule has 1 saturated heterocycles. The van der Waals surface area contributed by atoms with Gasteiger partial charge >= 0.3 is 0 Å². The number of likely N-dealkylation sites (tertiary alicyclic amines) is 1. The van der Waals surface area contributed by atoms with Gasteiger partial charge in [-0.2, -0.15) is 0 Å². The summed E-state index contributed by atoms with van der Waals surface area (Å²) in [6.07, 6.45) is 4.48. The molecule has 0 spiro atoms. The van der Waals surface area contributed by atoms with E-state index in [-0.39, 0.29) is 5.92 Å². The van der Waals surface area contributed by atoms with Crippen molar-refractivity contribution in [3.63, 3.8) is 0 Å². The number of carbonyl (C=O) groups excluding carboxylic acids is 1. The van der Waals surface area contributed by atoms with Crippen molar-refractivity contribution in [1.82, 2.24) is 4.90 Å². The third-order valence-corrected chi connectivity index (χ3v) is 4.78. The van der Waals surface area contributed by atoms with E-state index in [1.54, 1.807) is 4.90 Å². The van der Waals surface area contributed by atoms with Gasteiger partial charge in [-0.05, 0) is 44.7 Å². The molecule has 2 atom stereocenters. The summed E-state index contributed by atoms with van der Waals surface area (Å²) < 4.78 is 0. The standard InChI is InChI=1S/C20H30N2O/c1-4-22(5-2)20(23)19-12-9-13-21(16-19)15-17(3)14-18-10-7-6-8-11-18/h6-8,10-11,14,19H,4-5,9,12-13,15-16H2,1-3H3/p+1/b17-14+/t19-/m0/s1. The van der Waals surface area contributed by atoms with E-state index in [2.05, 4.69) is 51.1 Å². The molecule has 0 aromatic heterocycles. The summed E-state index contributed by atoms with van der Waals surface area (Å²) >= 11 is 0. The molecular formula is C20H31N2O+. The van der Waals surface area contributed by atoms with Crippen molar-refractivity contribution in [2.45, 2.75) is 33.6 Å². The molecule has 1 heterocycles. The van der Waals surface area contributed by atoms with Gasteiger partial charge in [0.05, 0.1) is 25.6 Å². The monoisotopic (exact) mass is 315 g/mol. The number of nitrogens with one attached hydrogen (secondary N) is 1. The Morgan fingerprint density at radius 2 is 1.96 bits per heavy atom. The molecule has 0 bridgehead atoms. The zero-order valence-corrected chi connectivity index (χ0v) is 14.8. The van der Waals surface area contributed by atoms with Gasteiger partial charge in [-0.3, -0.25) is 4.79 Å². The zero-order valence-electron chi connectivity index (χ0n) is 14.8. The van der Waals surface area contributed by atoms with Crippen molar-refractivity contribution in [1.29, 1.82) is 0 Å². The molecule has 1 aliphatic rings. The predicted molar refractivity (Wildman–Crippen MR) is 96.3 cm³/mol. The zero-order chi connectivity index (χ0) is 16.7. The van der Waals surface area contributed by atoms with E-state index in [9.17, 15) is 4.79 Å². The van der Waals surface area contributed by atoms with Crippen LogP contribution in [0.2, 0.25) is 0 Å². The van der Waals surface area contributed by atoms with Crippen LogP contribution < -0.4 is 4.90 Å². The SMILES string of the molecule is CCN(CC)C(=O)[C@H]1CCC[NH+](C/C(C)=C/c2ccccc2)C1. The van der Waals surface area contributed by atoms with Crippen molar-refractivity contribution < 1.29 is 9.69 Å². The van der Waals surface area contributed by atoms with Crippen molar-refractivity contribution >= 4 is 12.0 Å². The first-order valence-electron chi connectivity index (χ1n) is 8.98. The summed E-state index contributed by atoms with van der Waals surface area (Å²) in [5.41, 5.74) is 2.65. The van der Waals surface area contributed by atoms with Gasteiger partial charge in [0.25, 0.3) is 0 Å². The van der Waals surface area contributed by atoms with E-state index in [1.165, 1.54) is 17.7 Å². The smallest absolute Gasteiger partial charge is 0.231 e. The van der Waals surface area contributed by atoms with Crippen LogP contribution in [0.15, 0.2) is 35.9 Å². The van der Waals surface area contributed by atoms with Crippen LogP contribution in [0.5, 0.6) is 0 Å². The van der Waals surface area contributed by atoms with E-state index in [0.717, 1.165) is 39.0 Å². The number of carbonyl (C=O) groups is 1. The second-order valence-electron chi connectivity index (χ2n) is 6.63. The third-order valence-electron chi connectivity index (χ3n) is 4.78. The highest BCUT2D eigenvalue weighted by Crippen LogP contribution is 2.12. The van der Waals surface area contributed by atoms with Crippen LogP contribution in [0.4, 0.5) is 0 Å². The average Bonchev–Trinajstić information content (AvgIpc) is 2.57. The molecule has 3 heteroatoms. The number of quaternary nitrogens is 1. The molecule has 1 aromatic carbocycles. The second-order valence-corrected chi connectivity index (χ2v) is 6.63. The Bertz CT molecular complexity index is 520. The van der Waals surface area contributed by atoms with Crippen LogP contribution in [0.1, 0.15) is 39.2 Å². The molecule has 3 nitrogen and oxygen atoms in total. The number of nitrogens with zero attached hydrogens (tertiary/aromatic N) is 1. The molecule has 1 unspecified atom stereocenters. The molecule has 0 saturated carbocycles. The molecule has 0 aliphatic carbocycles. The third kappa shape index (κ3) is 5.21. The number of piperidine rings is 1. The minimum Gasteiger partial charge on any atom is -0.343 e. The molecule has 1 amide bonds. The topological polar surface area (TPSA) is 24.8 Å². The molecular weight excluding hydrogens is 284 g/mol. The second kappa shape index (κ2) is 8.88. The van der Waals surface area contributed by atoms with Gasteiger partial charge in [0.1, 0.15) is 0 Å². The Balaban J connectivity index is 1.93. The molecule has 1 fully saturated rings. The highest BCUT2D eigenvalue weighted by atomic mass is 16.2. The lowest BCUT2D eigenvalue weighted by molar-refractivity contribution is -0.902. The Kier molecular flexibility index (Phi) is 6.85. The fourth-order valence-corrected chi connectivity index (χ4v) is 3.60. The predicted octanol–water partition coefficient (Wildman–Crippen LogP) is 2.25. The lowest BCUT2D eigenvalue weighted by Crippen LogP contribution is -3.14. The van der Waals surface area contributed by atoms with Gasteiger partial charge in [-0.15, -0.1) is 0 Å². The summed E-state index contributed by atoms with van der Waals surface area (Å²) in [4.78, 5) is 16.1. The van der Waals surface area contributed by atoms with Crippen molar-refractivity contribution in [3.8, 4) is 0 Å². The van der Waals surface area contributed by atoms with Gasteiger partial charge in [0.15, 0.2) is 0 Å². The molecule has 1 aliphatic heterocycles. The molecule has 2 rings (SSSR count). The maximum Gasteiger partial charge on any atom is 0.231 e. The number of hydrogen-bond acceptors (Lipinski definition) is 1. The summed E-state index contributed by atoms with van der Waals surface area (Å²) in [5.74, 6) is 0.570. The minimum atomic E-state index is 0.211. The van der Waals surface area contributed by atoms with Crippen LogP contribution in [-0.2, 0) is 4.79 Å². The quantitative estimate of drug-likeness (QED) is 0.856. The summed E-state index contributed by atoms with van der Waals surface area (Å²) in [7, 11) is 0. The van der Waals surface area contributed by atoms with Gasteiger partial charge in [0.2, 0.25) is 5.91 Å². The van der Waals surface area contributed by atoms with Crippen LogP contribution in [0.25, 0.3) is 6.08 Å². The van der Waals surface area contributed by atoms with Gasteiger partial charge in [0, 0.05) is 13.1 Å². The van der Waals surface area contributed by atoms with E-state index in [4.69, 9.17) is 0 Å². The largest absolute Gasteiger partial charge is 0.343 e. The van der Waals surface area contributed by atoms with E-state index in [1.807, 2.05) is 11.0 Å². The number of benzene rings is 1. The average molecular weight is 315 g/mol. The number of rotatable bonds is 6. The first kappa shape index (κ1) is 17.7. The summed E-state index contributed by atoms with van der Waals surface area (Å²) in [6, 6.07) is 10.5. The molecule has 1 N–H and O–H groups in total. The highest BCUT2D eigenvalue weighted by Gasteiger charge is 2.30. The molecule has 1 aromatic rings. The van der Waals surface area contributed by atoms with Crippen LogP contribution in [0.3, 0.4) is 0 Å². The first-order valence-corrected chi connectivity index (χ1v) is 8.98. The van der Waals surface area contributed by atoms with Gasteiger partial charge in [-0.1, -0.05) is 36.4 Å². The normalized spacial score (nSPS) is 22.0. The van der Waals surface area contributed by atoms with Gasteiger partial charge in [-0.25, -0.2) is 0 Å². The maximum atomic E-state index is 12.6. The van der Waals surface area contributed by atoms with E-state index < -0.39 is 0 Å². The van der Waals surface area contributed by atoms with Crippen molar-refractivity contribution in [2.24, 2.45) is 5.92 Å². The Morgan fingerprint density at radius 1 is 1.26 bits per heavy atom. The van der Waals surface area contributed by atoms with Crippen LogP contribution in [-0.4, -0.2) is 43.5 Å². The molecule has 0 radical (unpaired) electrons. The van der Waals surface area contributed by atoms with Gasteiger partial charge < -0.3 is 9.80 Å². The Labute approximate surface area is 141 Å². The van der Waals surface area contributed by atoms with Crippen LogP contribution in [0, 0.1) is 5.92 Å². The van der Waals surface area contributed by atoms with Crippen molar-refractivity contribution in [2.75, 3.05) is 32.7 Å². The lowest BCUT2D eigenvalue weighted by atomic mass is 9.96. The number of hydrogen-bond donors (Lipinski definition) is 1. The van der Waals surface area contributed by atoms with Crippen LogP contribution >= 0.6 is 0 Å². The number of amides is 1. The highest BCUT2D eigenvalue weighted by molar-refractivity contribution is 5.78. The molecule has 23 heavy (non-hydrogen) atoms. The molecule has 126 valence electrons. The first-order chi connectivity index (χ1) is 11.1. The fraction of sp³-hybridized carbons (Fsp3) is 0.550. The van der Waals surface area contributed by atoms with Crippen molar-refractivity contribution in [3.05, 3.63) is 41.5 Å². The fourth-order valence-electron chi connectivity index (χ4n) is 3.60. The minimum absolute atomic E-state index is 0.211.